The fraction of sp³-hybridized carbons (Fsp3) is 0.688. The summed E-state index contributed by atoms with van der Waals surface area (Å²) in [6, 6.07) is 4.24. The fourth-order valence-corrected chi connectivity index (χ4v) is 3.15. The maximum atomic E-state index is 12.1. The molecule has 1 amide bonds. The Morgan fingerprint density at radius 2 is 2.19 bits per heavy atom. The van der Waals surface area contributed by atoms with Gasteiger partial charge >= 0.3 is 6.09 Å². The van der Waals surface area contributed by atoms with Gasteiger partial charge in [0.05, 0.1) is 19.8 Å². The Morgan fingerprint density at radius 3 is 2.71 bits per heavy atom. The van der Waals surface area contributed by atoms with Crippen molar-refractivity contribution in [1.82, 2.24) is 9.47 Å². The Labute approximate surface area is 126 Å². The van der Waals surface area contributed by atoms with Crippen LogP contribution in [0.3, 0.4) is 0 Å². The van der Waals surface area contributed by atoms with Gasteiger partial charge in [-0.1, -0.05) is 20.8 Å². The van der Waals surface area contributed by atoms with E-state index in [-0.39, 0.29) is 24.3 Å². The van der Waals surface area contributed by atoms with E-state index in [1.807, 2.05) is 19.3 Å². The minimum Gasteiger partial charge on any atom is -0.453 e. The summed E-state index contributed by atoms with van der Waals surface area (Å²) >= 11 is 0. The van der Waals surface area contributed by atoms with Crippen molar-refractivity contribution in [2.24, 2.45) is 13.0 Å². The number of aryl methyl sites for hydroxylation is 1. The molecule has 0 radical (unpaired) electrons. The van der Waals surface area contributed by atoms with Crippen molar-refractivity contribution in [3.63, 3.8) is 0 Å². The molecule has 21 heavy (non-hydrogen) atoms. The van der Waals surface area contributed by atoms with E-state index in [0.29, 0.717) is 12.5 Å². The molecule has 5 heteroatoms. The van der Waals surface area contributed by atoms with Gasteiger partial charge < -0.3 is 14.0 Å². The van der Waals surface area contributed by atoms with Crippen molar-refractivity contribution in [2.75, 3.05) is 13.7 Å². The first-order valence-electron chi connectivity index (χ1n) is 7.54. The van der Waals surface area contributed by atoms with E-state index in [1.165, 1.54) is 12.8 Å². The van der Waals surface area contributed by atoms with E-state index in [2.05, 4.69) is 31.4 Å². The van der Waals surface area contributed by atoms with Gasteiger partial charge in [0.2, 0.25) is 0 Å². The average molecular weight is 294 g/mol. The summed E-state index contributed by atoms with van der Waals surface area (Å²) in [5.74, 6) is 0.608. The molecule has 1 aliphatic heterocycles. The highest BCUT2D eigenvalue weighted by molar-refractivity contribution is 5.68. The molecule has 0 bridgehead atoms. The SMILES string of the molecule is COC(=O)N1C(CC(C)c2cccn2C)COC1C(C)C. The second-order valence-corrected chi connectivity index (χ2v) is 6.18. The largest absolute Gasteiger partial charge is 0.453 e. The molecule has 0 spiro atoms. The smallest absolute Gasteiger partial charge is 0.411 e. The molecule has 1 aromatic rings. The molecule has 1 aliphatic rings. The molecule has 1 saturated heterocycles. The number of hydrogen-bond acceptors (Lipinski definition) is 3. The number of methoxy groups -OCH3 is 1. The third-order valence-electron chi connectivity index (χ3n) is 4.20. The lowest BCUT2D eigenvalue weighted by Crippen LogP contribution is -2.44. The van der Waals surface area contributed by atoms with Gasteiger partial charge in [-0.15, -0.1) is 0 Å². The molecule has 0 aromatic carbocycles. The summed E-state index contributed by atoms with van der Waals surface area (Å²) in [5, 5.41) is 0. The van der Waals surface area contributed by atoms with Crippen LogP contribution >= 0.6 is 0 Å². The Balaban J connectivity index is 2.11. The topological polar surface area (TPSA) is 43.7 Å². The molecular formula is C16H26N2O3. The van der Waals surface area contributed by atoms with Crippen molar-refractivity contribution in [2.45, 2.75) is 45.4 Å². The summed E-state index contributed by atoms with van der Waals surface area (Å²) in [7, 11) is 3.47. The van der Waals surface area contributed by atoms with Crippen LogP contribution in [0.2, 0.25) is 0 Å². The minimum atomic E-state index is -0.296. The maximum absolute atomic E-state index is 12.1. The van der Waals surface area contributed by atoms with Crippen molar-refractivity contribution < 1.29 is 14.3 Å². The van der Waals surface area contributed by atoms with Crippen molar-refractivity contribution in [3.8, 4) is 0 Å². The third-order valence-corrected chi connectivity index (χ3v) is 4.20. The van der Waals surface area contributed by atoms with Crippen molar-refractivity contribution in [1.29, 1.82) is 0 Å². The zero-order valence-electron chi connectivity index (χ0n) is 13.6. The van der Waals surface area contributed by atoms with E-state index in [1.54, 1.807) is 4.90 Å². The number of amides is 1. The second-order valence-electron chi connectivity index (χ2n) is 6.18. The van der Waals surface area contributed by atoms with Crippen molar-refractivity contribution >= 4 is 6.09 Å². The molecule has 0 aliphatic carbocycles. The Bertz CT molecular complexity index is 484. The normalized spacial score (nSPS) is 23.6. The molecule has 0 N–H and O–H groups in total. The first-order chi connectivity index (χ1) is 9.95. The van der Waals surface area contributed by atoms with Crippen molar-refractivity contribution in [3.05, 3.63) is 24.0 Å². The van der Waals surface area contributed by atoms with Crippen LogP contribution in [0, 0.1) is 5.92 Å². The first-order valence-corrected chi connectivity index (χ1v) is 7.54. The number of nitrogens with zero attached hydrogens (tertiary/aromatic N) is 2. The summed E-state index contributed by atoms with van der Waals surface area (Å²) in [5.41, 5.74) is 1.27. The number of aromatic nitrogens is 1. The average Bonchev–Trinajstić information content (AvgIpc) is 3.04. The highest BCUT2D eigenvalue weighted by Crippen LogP contribution is 2.30. The van der Waals surface area contributed by atoms with Crippen LogP contribution in [0.5, 0.6) is 0 Å². The van der Waals surface area contributed by atoms with Gasteiger partial charge in [0.1, 0.15) is 6.23 Å². The summed E-state index contributed by atoms with van der Waals surface area (Å²) in [6.45, 7) is 6.88. The summed E-state index contributed by atoms with van der Waals surface area (Å²) < 4.78 is 12.9. The van der Waals surface area contributed by atoms with Gasteiger partial charge in [-0.2, -0.15) is 0 Å². The third kappa shape index (κ3) is 3.23. The number of carbonyl (C=O) groups is 1. The molecule has 2 rings (SSSR count). The van der Waals surface area contributed by atoms with E-state index in [0.717, 1.165) is 6.42 Å². The second kappa shape index (κ2) is 6.52. The van der Waals surface area contributed by atoms with Gasteiger partial charge in [-0.3, -0.25) is 4.90 Å². The lowest BCUT2D eigenvalue weighted by atomic mass is 9.98. The standard InChI is InChI=1S/C16H26N2O3/c1-11(2)15-18(16(19)20-5)13(10-21-15)9-12(3)14-7-6-8-17(14)4/h6-8,11-13,15H,9-10H2,1-5H3. The minimum absolute atomic E-state index is 0.0646. The molecule has 3 atom stereocenters. The zero-order valence-corrected chi connectivity index (χ0v) is 13.6. The van der Waals surface area contributed by atoms with Gasteiger partial charge in [0.15, 0.2) is 0 Å². The molecule has 5 nitrogen and oxygen atoms in total. The summed E-state index contributed by atoms with van der Waals surface area (Å²) in [6.07, 6.45) is 2.43. The van der Waals surface area contributed by atoms with Crippen LogP contribution in [-0.2, 0) is 16.5 Å². The molecule has 2 heterocycles. The molecule has 1 fully saturated rings. The van der Waals surface area contributed by atoms with E-state index < -0.39 is 0 Å². The highest BCUT2D eigenvalue weighted by Gasteiger charge is 2.40. The highest BCUT2D eigenvalue weighted by atomic mass is 16.6. The molecule has 1 aromatic heterocycles. The molecular weight excluding hydrogens is 268 g/mol. The number of carbonyl (C=O) groups excluding carboxylic acids is 1. The number of ether oxygens (including phenoxy) is 2. The maximum Gasteiger partial charge on any atom is 0.411 e. The summed E-state index contributed by atoms with van der Waals surface area (Å²) in [4.78, 5) is 13.9. The Kier molecular flexibility index (Phi) is 4.93. The first kappa shape index (κ1) is 15.9. The monoisotopic (exact) mass is 294 g/mol. The molecule has 118 valence electrons. The van der Waals surface area contributed by atoms with Gasteiger partial charge in [-0.05, 0) is 30.4 Å². The quantitative estimate of drug-likeness (QED) is 0.857. The van der Waals surface area contributed by atoms with Gasteiger partial charge in [0.25, 0.3) is 0 Å². The lowest BCUT2D eigenvalue weighted by molar-refractivity contribution is -0.00266. The predicted octanol–water partition coefficient (Wildman–Crippen LogP) is 2.97. The van der Waals surface area contributed by atoms with E-state index >= 15 is 0 Å². The molecule has 3 unspecified atom stereocenters. The van der Waals surface area contributed by atoms with Crippen LogP contribution in [0.25, 0.3) is 0 Å². The lowest BCUT2D eigenvalue weighted by Gasteiger charge is -2.30. The van der Waals surface area contributed by atoms with E-state index in [9.17, 15) is 4.79 Å². The Morgan fingerprint density at radius 1 is 1.48 bits per heavy atom. The Hall–Kier alpha value is -1.49. The zero-order chi connectivity index (χ0) is 15.6. The van der Waals surface area contributed by atoms with Crippen LogP contribution in [0.4, 0.5) is 4.79 Å². The van der Waals surface area contributed by atoms with Gasteiger partial charge in [-0.25, -0.2) is 4.79 Å². The van der Waals surface area contributed by atoms with Crippen LogP contribution in [-0.4, -0.2) is 41.5 Å². The number of hydrogen-bond donors (Lipinski definition) is 0. The van der Waals surface area contributed by atoms with Crippen LogP contribution in [0.15, 0.2) is 18.3 Å². The predicted molar refractivity (Wildman–Crippen MR) is 81.1 cm³/mol. The van der Waals surface area contributed by atoms with E-state index in [4.69, 9.17) is 9.47 Å². The van der Waals surface area contributed by atoms with Gasteiger partial charge in [0, 0.05) is 18.9 Å². The van der Waals surface area contributed by atoms with Crippen LogP contribution < -0.4 is 0 Å². The fourth-order valence-electron chi connectivity index (χ4n) is 3.15. The van der Waals surface area contributed by atoms with Crippen LogP contribution in [0.1, 0.15) is 38.8 Å². The molecule has 0 saturated carbocycles. The number of rotatable bonds is 4.